The van der Waals surface area contributed by atoms with Crippen LogP contribution in [0.5, 0.6) is 0 Å². The molecule has 0 aliphatic carbocycles. The first-order chi connectivity index (χ1) is 34.9. The van der Waals surface area contributed by atoms with E-state index in [9.17, 15) is 38.4 Å². The van der Waals surface area contributed by atoms with E-state index in [4.69, 9.17) is 0 Å². The smallest absolute Gasteiger partial charge is 0.246 e. The van der Waals surface area contributed by atoms with Gasteiger partial charge in [-0.3, -0.25) is 38.4 Å². The van der Waals surface area contributed by atoms with Crippen molar-refractivity contribution in [3.63, 3.8) is 0 Å². The van der Waals surface area contributed by atoms with Crippen LogP contribution in [-0.2, 0) is 38.4 Å². The Morgan fingerprint density at radius 2 is 0.824 bits per heavy atom. The molecule has 0 aromatic heterocycles. The number of benzene rings is 2. The van der Waals surface area contributed by atoms with Crippen molar-refractivity contribution in [3.8, 4) is 0 Å². The van der Waals surface area contributed by atoms with Crippen molar-refractivity contribution in [2.75, 3.05) is 27.2 Å². The Morgan fingerprint density at radius 1 is 0.500 bits per heavy atom. The van der Waals surface area contributed by atoms with Gasteiger partial charge in [-0.25, -0.2) is 0 Å². The fraction of sp³-hybridized carbons (Fsp3) is 0.643. The molecule has 18 nitrogen and oxygen atoms in total. The lowest BCUT2D eigenvalue weighted by atomic mass is 9.85. The number of rotatable bonds is 25. The molecule has 410 valence electrons. The molecule has 0 bridgehead atoms. The maximum atomic E-state index is 14.3. The molecule has 2 aliphatic rings. The van der Waals surface area contributed by atoms with Crippen LogP contribution in [0.3, 0.4) is 0 Å². The number of hydrogen-bond donors (Lipinski definition) is 8. The maximum absolute atomic E-state index is 14.3. The lowest BCUT2D eigenvalue weighted by Gasteiger charge is -2.36. The second-order valence-corrected chi connectivity index (χ2v) is 22.6. The molecule has 0 spiro atoms. The molecular formula is C56H88N10O8. The minimum absolute atomic E-state index is 0.120. The van der Waals surface area contributed by atoms with E-state index in [1.807, 2.05) is 116 Å². The second kappa shape index (κ2) is 28.1. The molecule has 4 rings (SSSR count). The highest BCUT2D eigenvalue weighted by atomic mass is 16.2. The molecule has 8 N–H and O–H groups in total. The van der Waals surface area contributed by atoms with Gasteiger partial charge in [-0.15, -0.1) is 0 Å². The van der Waals surface area contributed by atoms with Gasteiger partial charge in [0.1, 0.15) is 24.2 Å². The summed E-state index contributed by atoms with van der Waals surface area (Å²) in [6.45, 7) is 18.6. The minimum atomic E-state index is -0.921. The molecule has 10 unspecified atom stereocenters. The molecule has 74 heavy (non-hydrogen) atoms. The van der Waals surface area contributed by atoms with Gasteiger partial charge < -0.3 is 52.3 Å². The maximum Gasteiger partial charge on any atom is 0.246 e. The zero-order valence-corrected chi connectivity index (χ0v) is 46.2. The van der Waals surface area contributed by atoms with E-state index in [0.717, 1.165) is 36.8 Å². The fourth-order valence-electron chi connectivity index (χ4n) is 9.44. The molecule has 2 saturated heterocycles. The summed E-state index contributed by atoms with van der Waals surface area (Å²) in [4.78, 5) is 112. The van der Waals surface area contributed by atoms with Gasteiger partial charge >= 0.3 is 0 Å². The third-order valence-electron chi connectivity index (χ3n) is 14.3. The third-order valence-corrected chi connectivity index (χ3v) is 14.3. The van der Waals surface area contributed by atoms with Crippen LogP contribution in [-0.4, -0.2) is 133 Å². The van der Waals surface area contributed by atoms with Gasteiger partial charge in [-0.2, -0.15) is 0 Å². The zero-order valence-electron chi connectivity index (χ0n) is 46.2. The Balaban J connectivity index is 1.27. The molecule has 2 heterocycles. The van der Waals surface area contributed by atoms with E-state index in [1.165, 1.54) is 9.80 Å². The number of nitrogens with zero attached hydrogens (tertiary/aromatic N) is 2. The van der Waals surface area contributed by atoms with Crippen molar-refractivity contribution >= 4 is 47.3 Å². The van der Waals surface area contributed by atoms with E-state index in [1.54, 1.807) is 27.9 Å². The predicted octanol–water partition coefficient (Wildman–Crippen LogP) is 4.31. The lowest BCUT2D eigenvalue weighted by Crippen LogP contribution is -2.59. The summed E-state index contributed by atoms with van der Waals surface area (Å²) in [5, 5.41) is 23.9. The number of amides is 8. The average molecular weight is 1030 g/mol. The summed E-state index contributed by atoms with van der Waals surface area (Å²) in [5.74, 6) is -2.44. The monoisotopic (exact) mass is 1030 g/mol. The van der Waals surface area contributed by atoms with Crippen molar-refractivity contribution in [1.29, 1.82) is 0 Å². The van der Waals surface area contributed by atoms with Crippen LogP contribution in [0, 0.1) is 10.8 Å². The average Bonchev–Trinajstić information content (AvgIpc) is 3.99. The van der Waals surface area contributed by atoms with E-state index in [-0.39, 0.29) is 98.1 Å². The number of unbranched alkanes of at least 4 members (excludes halogenated alkanes) is 5. The van der Waals surface area contributed by atoms with Crippen LogP contribution in [0.4, 0.5) is 0 Å². The summed E-state index contributed by atoms with van der Waals surface area (Å²) in [6.07, 6.45) is 5.64. The van der Waals surface area contributed by atoms with Crippen molar-refractivity contribution < 1.29 is 38.4 Å². The number of carbonyl (C=O) groups excluding carboxylic acids is 8. The molecule has 10 atom stereocenters. The quantitative estimate of drug-likeness (QED) is 0.0656. The van der Waals surface area contributed by atoms with Crippen LogP contribution in [0.15, 0.2) is 60.7 Å². The molecule has 2 fully saturated rings. The van der Waals surface area contributed by atoms with Crippen LogP contribution >= 0.6 is 0 Å². The van der Waals surface area contributed by atoms with E-state index in [0.29, 0.717) is 12.8 Å². The highest BCUT2D eigenvalue weighted by molar-refractivity contribution is 5.95. The Bertz CT molecular complexity index is 2040. The summed E-state index contributed by atoms with van der Waals surface area (Å²) < 4.78 is 0. The van der Waals surface area contributed by atoms with Gasteiger partial charge in [0.25, 0.3) is 0 Å². The summed E-state index contributed by atoms with van der Waals surface area (Å²) in [5.41, 5.74) is 0.475. The van der Waals surface area contributed by atoms with Gasteiger partial charge in [0.05, 0.1) is 24.2 Å². The van der Waals surface area contributed by atoms with Crippen LogP contribution in [0.1, 0.15) is 157 Å². The highest BCUT2D eigenvalue weighted by Gasteiger charge is 2.47. The van der Waals surface area contributed by atoms with Crippen molar-refractivity contribution in [2.24, 2.45) is 10.8 Å². The molecule has 2 aromatic carbocycles. The Hall–Kier alpha value is -5.88. The van der Waals surface area contributed by atoms with Crippen LogP contribution in [0.2, 0.25) is 0 Å². The second-order valence-electron chi connectivity index (χ2n) is 22.6. The van der Waals surface area contributed by atoms with Crippen LogP contribution < -0.4 is 42.5 Å². The molecule has 0 radical (unpaired) electrons. The summed E-state index contributed by atoms with van der Waals surface area (Å²) in [6, 6.07) is 12.8. The van der Waals surface area contributed by atoms with Crippen molar-refractivity contribution in [2.45, 2.75) is 194 Å². The van der Waals surface area contributed by atoms with Gasteiger partial charge in [0.15, 0.2) is 0 Å². The van der Waals surface area contributed by atoms with Crippen molar-refractivity contribution in [1.82, 2.24) is 52.3 Å². The van der Waals surface area contributed by atoms with Crippen LogP contribution in [0.25, 0.3) is 0 Å². The Labute approximate surface area is 440 Å². The largest absolute Gasteiger partial charge is 0.351 e. The molecular weight excluding hydrogens is 941 g/mol. The fourth-order valence-corrected chi connectivity index (χ4v) is 9.44. The molecule has 2 aromatic rings. The molecule has 2 aliphatic heterocycles. The topological polar surface area (TPSA) is 239 Å². The number of hydrogen-bond acceptors (Lipinski definition) is 10. The standard InChI is InChI=1S/C56H88N10O8/c1-35(39-25-19-17-20-26-39)59-51(71)43-31-41(33-65(43)53(73)47(55(5,6)7)63-49(69)37(3)57-11)61-45(67)29-23-15-13-14-16-24-30-46(68)62-42-32-44(52(72)60-36(2)40-27-21-18-22-28-40)66(34-42)54(74)48(56(8,9)10)64-50(70)38(4)58-12/h17-22,25-28,35-38,41-44,47-48,57-58H,13-16,23-24,29-34H2,1-12H3,(H,59,71)(H,60,72)(H,61,67)(H,62,68)(H,63,69)(H,64,70). The predicted molar refractivity (Wildman–Crippen MR) is 287 cm³/mol. The summed E-state index contributed by atoms with van der Waals surface area (Å²) >= 11 is 0. The normalized spacial score (nSPS) is 20.3. The SMILES string of the molecule is CNC(C)C(=O)NC(C(=O)N1CC(NC(=O)CCCCCCCCC(=O)NC2CC(C(=O)NC(C)c3ccccc3)N(C(=O)C(NC(=O)C(C)NC)C(C)(C)C)C2)CC1C(=O)NC(C)c1ccccc1)C(C)(C)C. The van der Waals surface area contributed by atoms with Gasteiger partial charge in [-0.1, -0.05) is 128 Å². The van der Waals surface area contributed by atoms with E-state index >= 15 is 0 Å². The van der Waals surface area contributed by atoms with Gasteiger partial charge in [0.2, 0.25) is 47.3 Å². The number of likely N-dealkylation sites (tertiary alicyclic amines) is 2. The van der Waals surface area contributed by atoms with Gasteiger partial charge in [-0.05, 0) is 89.4 Å². The first-order valence-electron chi connectivity index (χ1n) is 26.7. The minimum Gasteiger partial charge on any atom is -0.351 e. The Morgan fingerprint density at radius 3 is 1.14 bits per heavy atom. The lowest BCUT2D eigenvalue weighted by molar-refractivity contribution is -0.144. The number of carbonyl (C=O) groups is 8. The van der Waals surface area contributed by atoms with E-state index < -0.39 is 59.2 Å². The van der Waals surface area contributed by atoms with Crippen molar-refractivity contribution in [3.05, 3.63) is 71.8 Å². The summed E-state index contributed by atoms with van der Waals surface area (Å²) in [7, 11) is 3.33. The van der Waals surface area contributed by atoms with Gasteiger partial charge in [0, 0.05) is 38.0 Å². The third kappa shape index (κ3) is 17.9. The van der Waals surface area contributed by atoms with E-state index in [2.05, 4.69) is 42.5 Å². The highest BCUT2D eigenvalue weighted by Crippen LogP contribution is 2.29. The first-order valence-corrected chi connectivity index (χ1v) is 26.7. The molecule has 0 saturated carbocycles. The number of nitrogens with one attached hydrogen (secondary N) is 8. The molecule has 18 heteroatoms. The zero-order chi connectivity index (χ0) is 54.9. The Kier molecular flexibility index (Phi) is 23.1. The molecule has 8 amide bonds. The number of likely N-dealkylation sites (N-methyl/N-ethyl adjacent to an activating group) is 2. The first kappa shape index (κ1) is 60.7.